The molecule has 0 saturated carbocycles. The summed E-state index contributed by atoms with van der Waals surface area (Å²) in [5, 5.41) is 3.86. The molecule has 114 valence electrons. The lowest BCUT2D eigenvalue weighted by Crippen LogP contribution is -2.32. The molecule has 0 bridgehead atoms. The summed E-state index contributed by atoms with van der Waals surface area (Å²) in [5.41, 5.74) is 1.57. The zero-order valence-electron chi connectivity index (χ0n) is 12.6. The van der Waals surface area contributed by atoms with Crippen LogP contribution in [0.4, 0.5) is 5.69 Å². The Bertz CT molecular complexity index is 534. The number of carbonyl (C=O) groups excluding carboxylic acids is 1. The average Bonchev–Trinajstić information content (AvgIpc) is 2.97. The standard InChI is InChI=1S/C16H22ClN3O/c1-3-18-15-5-4-13(17)6-14(15)16(21)20-9-11-7-19(2)8-12(11)10-20/h4-6,11-12,18H,3,7-10H2,1-2H3/t11-,12+. The van der Waals surface area contributed by atoms with Gasteiger partial charge in [0.1, 0.15) is 0 Å². The molecule has 1 N–H and O–H groups in total. The highest BCUT2D eigenvalue weighted by atomic mass is 35.5. The second-order valence-corrected chi connectivity index (χ2v) is 6.61. The van der Waals surface area contributed by atoms with Crippen molar-refractivity contribution < 1.29 is 4.79 Å². The van der Waals surface area contributed by atoms with Gasteiger partial charge in [-0.25, -0.2) is 0 Å². The fraction of sp³-hybridized carbons (Fsp3) is 0.562. The third-order valence-electron chi connectivity index (χ3n) is 4.54. The van der Waals surface area contributed by atoms with Crippen LogP contribution in [0.3, 0.4) is 0 Å². The summed E-state index contributed by atoms with van der Waals surface area (Å²) >= 11 is 6.08. The number of amides is 1. The summed E-state index contributed by atoms with van der Waals surface area (Å²) in [6.45, 7) is 6.75. The molecule has 1 amide bonds. The van der Waals surface area contributed by atoms with E-state index in [0.717, 1.165) is 38.4 Å². The minimum atomic E-state index is 0.102. The van der Waals surface area contributed by atoms with E-state index in [4.69, 9.17) is 11.6 Å². The number of fused-ring (bicyclic) bond motifs is 1. The summed E-state index contributed by atoms with van der Waals surface area (Å²) in [7, 11) is 2.16. The van der Waals surface area contributed by atoms with E-state index in [-0.39, 0.29) is 5.91 Å². The third-order valence-corrected chi connectivity index (χ3v) is 4.77. The highest BCUT2D eigenvalue weighted by molar-refractivity contribution is 6.31. The van der Waals surface area contributed by atoms with Crippen LogP contribution in [0.2, 0.25) is 5.02 Å². The first-order valence-electron chi connectivity index (χ1n) is 7.59. The zero-order chi connectivity index (χ0) is 15.0. The van der Waals surface area contributed by atoms with Crippen molar-refractivity contribution in [2.45, 2.75) is 6.92 Å². The van der Waals surface area contributed by atoms with Crippen LogP contribution in [-0.4, -0.2) is 55.5 Å². The van der Waals surface area contributed by atoms with Crippen molar-refractivity contribution in [1.29, 1.82) is 0 Å². The number of likely N-dealkylation sites (tertiary alicyclic amines) is 2. The smallest absolute Gasteiger partial charge is 0.256 e. The average molecular weight is 308 g/mol. The molecule has 5 heteroatoms. The number of hydrogen-bond donors (Lipinski definition) is 1. The van der Waals surface area contributed by atoms with Crippen LogP contribution in [0.15, 0.2) is 18.2 Å². The molecule has 4 nitrogen and oxygen atoms in total. The maximum Gasteiger partial charge on any atom is 0.256 e. The van der Waals surface area contributed by atoms with Crippen LogP contribution in [0, 0.1) is 11.8 Å². The molecule has 0 unspecified atom stereocenters. The van der Waals surface area contributed by atoms with Crippen LogP contribution in [-0.2, 0) is 0 Å². The Morgan fingerprint density at radius 2 is 1.95 bits per heavy atom. The van der Waals surface area contributed by atoms with Crippen molar-refractivity contribution >= 4 is 23.2 Å². The molecular weight excluding hydrogens is 286 g/mol. The number of carbonyl (C=O) groups is 1. The number of nitrogens with one attached hydrogen (secondary N) is 1. The van der Waals surface area contributed by atoms with Crippen molar-refractivity contribution in [3.05, 3.63) is 28.8 Å². The van der Waals surface area contributed by atoms with Crippen molar-refractivity contribution in [3.8, 4) is 0 Å². The van der Waals surface area contributed by atoms with Gasteiger partial charge in [0.15, 0.2) is 0 Å². The van der Waals surface area contributed by atoms with E-state index in [1.54, 1.807) is 6.07 Å². The van der Waals surface area contributed by atoms with Crippen molar-refractivity contribution in [3.63, 3.8) is 0 Å². The van der Waals surface area contributed by atoms with Gasteiger partial charge in [-0.05, 0) is 44.0 Å². The molecule has 21 heavy (non-hydrogen) atoms. The number of benzene rings is 1. The predicted octanol–water partition coefficient (Wildman–Crippen LogP) is 2.41. The van der Waals surface area contributed by atoms with Crippen molar-refractivity contribution in [2.24, 2.45) is 11.8 Å². The number of hydrogen-bond acceptors (Lipinski definition) is 3. The fourth-order valence-corrected chi connectivity index (χ4v) is 3.77. The molecule has 2 aliphatic heterocycles. The van der Waals surface area contributed by atoms with Crippen LogP contribution in [0.25, 0.3) is 0 Å². The van der Waals surface area contributed by atoms with Crippen LogP contribution < -0.4 is 5.32 Å². The van der Waals surface area contributed by atoms with E-state index in [1.165, 1.54) is 0 Å². The van der Waals surface area contributed by atoms with Gasteiger partial charge in [-0.15, -0.1) is 0 Å². The second-order valence-electron chi connectivity index (χ2n) is 6.17. The number of anilines is 1. The Hall–Kier alpha value is -1.26. The quantitative estimate of drug-likeness (QED) is 0.931. The monoisotopic (exact) mass is 307 g/mol. The SMILES string of the molecule is CCNc1ccc(Cl)cc1C(=O)N1C[C@H]2CN(C)C[C@H]2C1. The molecule has 0 radical (unpaired) electrons. The molecule has 2 heterocycles. The van der Waals surface area contributed by atoms with E-state index < -0.39 is 0 Å². The topological polar surface area (TPSA) is 35.6 Å². The Morgan fingerprint density at radius 1 is 1.29 bits per heavy atom. The lowest BCUT2D eigenvalue weighted by molar-refractivity contribution is 0.0777. The van der Waals surface area contributed by atoms with Gasteiger partial charge in [-0.2, -0.15) is 0 Å². The summed E-state index contributed by atoms with van der Waals surface area (Å²) in [6.07, 6.45) is 0. The van der Waals surface area contributed by atoms with E-state index in [9.17, 15) is 4.79 Å². The predicted molar refractivity (Wildman–Crippen MR) is 86.0 cm³/mol. The molecule has 3 rings (SSSR count). The van der Waals surface area contributed by atoms with Crippen LogP contribution in [0.5, 0.6) is 0 Å². The van der Waals surface area contributed by atoms with E-state index >= 15 is 0 Å². The van der Waals surface area contributed by atoms with Gasteiger partial charge in [0.2, 0.25) is 0 Å². The summed E-state index contributed by atoms with van der Waals surface area (Å²) in [6, 6.07) is 5.50. The lowest BCUT2D eigenvalue weighted by atomic mass is 10.0. The Labute approximate surface area is 131 Å². The van der Waals surface area contributed by atoms with Crippen LogP contribution >= 0.6 is 11.6 Å². The highest BCUT2D eigenvalue weighted by Crippen LogP contribution is 2.32. The lowest BCUT2D eigenvalue weighted by Gasteiger charge is -2.21. The second kappa shape index (κ2) is 5.85. The molecule has 1 aromatic carbocycles. The molecule has 2 saturated heterocycles. The number of nitrogens with zero attached hydrogens (tertiary/aromatic N) is 2. The largest absolute Gasteiger partial charge is 0.385 e. The van der Waals surface area contributed by atoms with Gasteiger partial charge in [0, 0.05) is 43.4 Å². The van der Waals surface area contributed by atoms with Gasteiger partial charge >= 0.3 is 0 Å². The summed E-state index contributed by atoms with van der Waals surface area (Å²) in [5.74, 6) is 1.35. The normalized spacial score (nSPS) is 25.2. The van der Waals surface area contributed by atoms with E-state index in [0.29, 0.717) is 22.4 Å². The molecule has 0 spiro atoms. The minimum Gasteiger partial charge on any atom is -0.385 e. The maximum atomic E-state index is 12.8. The van der Waals surface area contributed by atoms with E-state index in [1.807, 2.05) is 24.0 Å². The molecule has 0 aliphatic carbocycles. The Kier molecular flexibility index (Phi) is 4.09. The fourth-order valence-electron chi connectivity index (χ4n) is 3.60. The molecular formula is C16H22ClN3O. The third kappa shape index (κ3) is 2.87. The zero-order valence-corrected chi connectivity index (χ0v) is 13.4. The van der Waals surface area contributed by atoms with Gasteiger partial charge in [0.25, 0.3) is 5.91 Å². The van der Waals surface area contributed by atoms with E-state index in [2.05, 4.69) is 17.3 Å². The van der Waals surface area contributed by atoms with Crippen molar-refractivity contribution in [2.75, 3.05) is 45.1 Å². The molecule has 2 aliphatic rings. The summed E-state index contributed by atoms with van der Waals surface area (Å²) < 4.78 is 0. The number of halogens is 1. The highest BCUT2D eigenvalue weighted by Gasteiger charge is 2.40. The van der Waals surface area contributed by atoms with Gasteiger partial charge < -0.3 is 15.1 Å². The first kappa shape index (κ1) is 14.7. The first-order valence-corrected chi connectivity index (χ1v) is 7.97. The van der Waals surface area contributed by atoms with Gasteiger partial charge in [-0.3, -0.25) is 4.79 Å². The molecule has 2 fully saturated rings. The Morgan fingerprint density at radius 3 is 2.57 bits per heavy atom. The Balaban J connectivity index is 1.78. The summed E-state index contributed by atoms with van der Waals surface area (Å²) in [4.78, 5) is 17.2. The first-order chi connectivity index (χ1) is 10.1. The maximum absolute atomic E-state index is 12.8. The minimum absolute atomic E-state index is 0.102. The molecule has 2 atom stereocenters. The molecule has 1 aromatic rings. The number of rotatable bonds is 3. The molecule has 0 aromatic heterocycles. The van der Waals surface area contributed by atoms with Gasteiger partial charge in [0.05, 0.1) is 5.56 Å². The van der Waals surface area contributed by atoms with Crippen LogP contribution in [0.1, 0.15) is 17.3 Å². The van der Waals surface area contributed by atoms with Crippen molar-refractivity contribution in [1.82, 2.24) is 9.80 Å². The van der Waals surface area contributed by atoms with Gasteiger partial charge in [-0.1, -0.05) is 11.6 Å².